The van der Waals surface area contributed by atoms with E-state index < -0.39 is 12.0 Å². The number of carboxylic acid groups (broad SMARTS) is 1. The fourth-order valence-electron chi connectivity index (χ4n) is 2.72. The van der Waals surface area contributed by atoms with Crippen LogP contribution in [0.25, 0.3) is 0 Å². The first-order valence-electron chi connectivity index (χ1n) is 7.39. The molecule has 2 rings (SSSR count). The number of nitrogens with one attached hydrogen (secondary N) is 1. The number of hydrogen-bond acceptors (Lipinski definition) is 3. The molecule has 0 bridgehead atoms. The molecule has 1 aliphatic carbocycles. The van der Waals surface area contributed by atoms with Crippen LogP contribution >= 0.6 is 0 Å². The monoisotopic (exact) mass is 290 g/mol. The van der Waals surface area contributed by atoms with Crippen LogP contribution in [0.4, 0.5) is 0 Å². The largest absolute Gasteiger partial charge is 0.480 e. The van der Waals surface area contributed by atoms with Crippen molar-refractivity contribution in [3.63, 3.8) is 0 Å². The highest BCUT2D eigenvalue weighted by molar-refractivity contribution is 5.85. The smallest absolute Gasteiger partial charge is 0.326 e. The van der Waals surface area contributed by atoms with Gasteiger partial charge in [0.15, 0.2) is 0 Å². The van der Waals surface area contributed by atoms with Gasteiger partial charge in [-0.25, -0.2) is 4.79 Å². The Labute approximate surface area is 124 Å². The Balaban J connectivity index is 1.93. The van der Waals surface area contributed by atoms with Gasteiger partial charge in [-0.3, -0.25) is 4.79 Å². The molecule has 0 saturated heterocycles. The lowest BCUT2D eigenvalue weighted by Gasteiger charge is -2.26. The van der Waals surface area contributed by atoms with Crippen molar-refractivity contribution in [2.24, 2.45) is 11.7 Å². The van der Waals surface area contributed by atoms with E-state index in [0.717, 1.165) is 31.2 Å². The lowest BCUT2D eigenvalue weighted by Crippen LogP contribution is -2.46. The van der Waals surface area contributed by atoms with Crippen LogP contribution in [0, 0.1) is 5.92 Å². The second-order valence-corrected chi connectivity index (χ2v) is 5.70. The van der Waals surface area contributed by atoms with E-state index in [0.29, 0.717) is 6.42 Å². The summed E-state index contributed by atoms with van der Waals surface area (Å²) >= 11 is 0. The molecule has 1 aromatic carbocycles. The van der Waals surface area contributed by atoms with E-state index in [2.05, 4.69) is 5.32 Å². The highest BCUT2D eigenvalue weighted by atomic mass is 16.4. The first-order valence-corrected chi connectivity index (χ1v) is 7.39. The zero-order chi connectivity index (χ0) is 15.2. The van der Waals surface area contributed by atoms with Gasteiger partial charge < -0.3 is 16.2 Å². The molecule has 1 amide bonds. The first-order chi connectivity index (χ1) is 10.1. The van der Waals surface area contributed by atoms with Crippen LogP contribution in [0.5, 0.6) is 0 Å². The van der Waals surface area contributed by atoms with Crippen molar-refractivity contribution in [2.45, 2.75) is 44.2 Å². The molecule has 1 aliphatic rings. The predicted octanol–water partition coefficient (Wildman–Crippen LogP) is 1.32. The molecule has 1 unspecified atom stereocenters. The lowest BCUT2D eigenvalue weighted by atomic mass is 9.85. The van der Waals surface area contributed by atoms with E-state index >= 15 is 0 Å². The van der Waals surface area contributed by atoms with Crippen LogP contribution in [-0.2, 0) is 16.0 Å². The van der Waals surface area contributed by atoms with Crippen molar-refractivity contribution >= 4 is 11.9 Å². The molecule has 5 nitrogen and oxygen atoms in total. The van der Waals surface area contributed by atoms with E-state index in [-0.39, 0.29) is 17.9 Å². The van der Waals surface area contributed by atoms with Crippen molar-refractivity contribution in [1.29, 1.82) is 0 Å². The standard InChI is InChI=1S/C16H22N2O3/c17-13-8-6-12(7-9-13)15(19)18-14(16(20)21)10-11-4-2-1-3-5-11/h1-5,12-14H,6-10,17H2,(H,18,19)(H,20,21). The Morgan fingerprint density at radius 2 is 1.81 bits per heavy atom. The number of hydrogen-bond donors (Lipinski definition) is 3. The molecule has 5 heteroatoms. The molecular formula is C16H22N2O3. The number of aliphatic carboxylic acids is 1. The summed E-state index contributed by atoms with van der Waals surface area (Å²) < 4.78 is 0. The Kier molecular flexibility index (Phi) is 5.33. The van der Waals surface area contributed by atoms with Crippen LogP contribution < -0.4 is 11.1 Å². The van der Waals surface area contributed by atoms with Crippen LogP contribution in [0.3, 0.4) is 0 Å². The normalized spacial score (nSPS) is 23.3. The van der Waals surface area contributed by atoms with E-state index in [1.54, 1.807) is 0 Å². The molecule has 0 aromatic heterocycles. The Morgan fingerprint density at radius 1 is 1.19 bits per heavy atom. The van der Waals surface area contributed by atoms with Gasteiger partial charge in [-0.1, -0.05) is 30.3 Å². The third-order valence-electron chi connectivity index (χ3n) is 4.04. The third-order valence-corrected chi connectivity index (χ3v) is 4.04. The zero-order valence-corrected chi connectivity index (χ0v) is 12.0. The first kappa shape index (κ1) is 15.5. The number of carbonyl (C=O) groups excluding carboxylic acids is 1. The quantitative estimate of drug-likeness (QED) is 0.762. The molecule has 1 atom stereocenters. The molecule has 0 radical (unpaired) electrons. The topological polar surface area (TPSA) is 92.4 Å². The van der Waals surface area contributed by atoms with Gasteiger partial charge in [0.1, 0.15) is 6.04 Å². The Bertz CT molecular complexity index is 482. The second-order valence-electron chi connectivity index (χ2n) is 5.70. The van der Waals surface area contributed by atoms with Crippen molar-refractivity contribution in [3.8, 4) is 0 Å². The molecule has 21 heavy (non-hydrogen) atoms. The van der Waals surface area contributed by atoms with Crippen LogP contribution in [0.15, 0.2) is 30.3 Å². The Hall–Kier alpha value is -1.88. The summed E-state index contributed by atoms with van der Waals surface area (Å²) in [7, 11) is 0. The fourth-order valence-corrected chi connectivity index (χ4v) is 2.72. The van der Waals surface area contributed by atoms with Crippen molar-refractivity contribution in [1.82, 2.24) is 5.32 Å². The second kappa shape index (κ2) is 7.22. The van der Waals surface area contributed by atoms with Crippen molar-refractivity contribution < 1.29 is 14.7 Å². The van der Waals surface area contributed by atoms with Gasteiger partial charge in [-0.15, -0.1) is 0 Å². The average molecular weight is 290 g/mol. The maximum Gasteiger partial charge on any atom is 0.326 e. The number of amides is 1. The van der Waals surface area contributed by atoms with Crippen LogP contribution in [-0.4, -0.2) is 29.1 Å². The Morgan fingerprint density at radius 3 is 2.38 bits per heavy atom. The van der Waals surface area contributed by atoms with E-state index in [4.69, 9.17) is 5.73 Å². The highest BCUT2D eigenvalue weighted by Crippen LogP contribution is 2.23. The number of rotatable bonds is 5. The molecule has 114 valence electrons. The molecule has 0 aliphatic heterocycles. The van der Waals surface area contributed by atoms with Gasteiger partial charge in [0.05, 0.1) is 0 Å². The molecular weight excluding hydrogens is 268 g/mol. The summed E-state index contributed by atoms with van der Waals surface area (Å²) in [5.41, 5.74) is 6.72. The van der Waals surface area contributed by atoms with Gasteiger partial charge in [0.2, 0.25) is 5.91 Å². The molecule has 1 saturated carbocycles. The highest BCUT2D eigenvalue weighted by Gasteiger charge is 2.28. The summed E-state index contributed by atoms with van der Waals surface area (Å²) in [4.78, 5) is 23.5. The van der Waals surface area contributed by atoms with Gasteiger partial charge in [-0.05, 0) is 31.2 Å². The molecule has 0 heterocycles. The minimum Gasteiger partial charge on any atom is -0.480 e. The number of carboxylic acids is 1. The van der Waals surface area contributed by atoms with E-state index in [1.165, 1.54) is 0 Å². The predicted molar refractivity (Wildman–Crippen MR) is 79.6 cm³/mol. The van der Waals surface area contributed by atoms with Crippen LogP contribution in [0.1, 0.15) is 31.2 Å². The summed E-state index contributed by atoms with van der Waals surface area (Å²) in [6, 6.07) is 8.62. The van der Waals surface area contributed by atoms with Crippen molar-refractivity contribution in [3.05, 3.63) is 35.9 Å². The minimum absolute atomic E-state index is 0.109. The van der Waals surface area contributed by atoms with E-state index in [1.807, 2.05) is 30.3 Å². The average Bonchev–Trinajstić information content (AvgIpc) is 2.48. The minimum atomic E-state index is -1.00. The zero-order valence-electron chi connectivity index (χ0n) is 12.0. The van der Waals surface area contributed by atoms with Crippen molar-refractivity contribution in [2.75, 3.05) is 0 Å². The van der Waals surface area contributed by atoms with E-state index in [9.17, 15) is 14.7 Å². The maximum absolute atomic E-state index is 12.2. The van der Waals surface area contributed by atoms with Gasteiger partial charge in [-0.2, -0.15) is 0 Å². The summed E-state index contributed by atoms with van der Waals surface area (Å²) in [6.07, 6.45) is 3.44. The molecule has 4 N–H and O–H groups in total. The number of carbonyl (C=O) groups is 2. The lowest BCUT2D eigenvalue weighted by molar-refractivity contribution is -0.142. The SMILES string of the molecule is NC1CCC(C(=O)NC(Cc2ccccc2)C(=O)O)CC1. The van der Waals surface area contributed by atoms with Crippen LogP contribution in [0.2, 0.25) is 0 Å². The molecule has 0 spiro atoms. The summed E-state index contributed by atoms with van der Waals surface area (Å²) in [5.74, 6) is -1.27. The number of nitrogens with two attached hydrogens (primary N) is 1. The fraction of sp³-hybridized carbons (Fsp3) is 0.500. The molecule has 1 fully saturated rings. The van der Waals surface area contributed by atoms with Gasteiger partial charge >= 0.3 is 5.97 Å². The number of benzene rings is 1. The van der Waals surface area contributed by atoms with Gasteiger partial charge in [0, 0.05) is 18.4 Å². The van der Waals surface area contributed by atoms with Gasteiger partial charge in [0.25, 0.3) is 0 Å². The third kappa shape index (κ3) is 4.56. The summed E-state index contributed by atoms with van der Waals surface area (Å²) in [6.45, 7) is 0. The molecule has 1 aromatic rings. The summed E-state index contributed by atoms with van der Waals surface area (Å²) in [5, 5.41) is 12.0. The maximum atomic E-state index is 12.2.